The van der Waals surface area contributed by atoms with E-state index in [1.807, 2.05) is 0 Å². The molecule has 0 aromatic rings. The summed E-state index contributed by atoms with van der Waals surface area (Å²) in [6, 6.07) is 0. The largest absolute Gasteiger partial charge is 0.384 e. The minimum atomic E-state index is -2.16. The van der Waals surface area contributed by atoms with Crippen molar-refractivity contribution in [2.45, 2.75) is 63.3 Å². The summed E-state index contributed by atoms with van der Waals surface area (Å²) < 4.78 is 5.05. The summed E-state index contributed by atoms with van der Waals surface area (Å²) >= 11 is 0. The van der Waals surface area contributed by atoms with Crippen molar-refractivity contribution in [3.8, 4) is 0 Å². The van der Waals surface area contributed by atoms with Crippen molar-refractivity contribution >= 4 is 5.78 Å². The number of ether oxygens (including phenoxy) is 1. The first kappa shape index (κ1) is 14.5. The van der Waals surface area contributed by atoms with Crippen molar-refractivity contribution in [1.82, 2.24) is 0 Å². The number of hydrogen-bond donors (Lipinski definition) is 4. The van der Waals surface area contributed by atoms with E-state index < -0.39 is 34.5 Å². The van der Waals surface area contributed by atoms with E-state index in [4.69, 9.17) is 4.74 Å². The highest BCUT2D eigenvalue weighted by Gasteiger charge is 2.70. The predicted octanol–water partition coefficient (Wildman–Crippen LogP) is -1.06. The Morgan fingerprint density at radius 3 is 1.76 bits per heavy atom. The van der Waals surface area contributed by atoms with Gasteiger partial charge in [-0.25, -0.2) is 0 Å². The molecule has 1 aliphatic rings. The van der Waals surface area contributed by atoms with E-state index in [0.717, 1.165) is 20.8 Å². The Labute approximate surface area is 99.8 Å². The Hall–Kier alpha value is -0.530. The van der Waals surface area contributed by atoms with E-state index in [1.54, 1.807) is 0 Å². The molecule has 100 valence electrons. The van der Waals surface area contributed by atoms with Gasteiger partial charge in [0.15, 0.2) is 17.7 Å². The minimum absolute atomic E-state index is 0.550. The Morgan fingerprint density at radius 1 is 1.00 bits per heavy atom. The molecule has 1 saturated heterocycles. The summed E-state index contributed by atoms with van der Waals surface area (Å²) in [6.45, 7) is 5.78. The van der Waals surface area contributed by atoms with Crippen molar-refractivity contribution in [2.24, 2.45) is 0 Å². The van der Waals surface area contributed by atoms with E-state index in [1.165, 1.54) is 13.8 Å². The van der Waals surface area contributed by atoms with Gasteiger partial charge in [0.2, 0.25) is 0 Å². The van der Waals surface area contributed by atoms with Gasteiger partial charge in [0.1, 0.15) is 16.8 Å². The number of ketones is 1. The smallest absolute Gasteiger partial charge is 0.195 e. The van der Waals surface area contributed by atoms with Gasteiger partial charge in [-0.05, 0) is 34.6 Å². The van der Waals surface area contributed by atoms with E-state index in [-0.39, 0.29) is 0 Å². The Morgan fingerprint density at radius 2 is 1.41 bits per heavy atom. The molecular formula is C11H20O6. The number of rotatable bonds is 1. The van der Waals surface area contributed by atoms with Crippen LogP contribution < -0.4 is 0 Å². The SMILES string of the molecule is CC(=O)C1OC(C)(O)C(C)(O)C(C)(O)C1(C)O. The normalized spacial score (nSPS) is 55.7. The molecule has 1 aliphatic heterocycles. The molecule has 0 amide bonds. The number of carbonyl (C=O) groups is 1. The Kier molecular flexibility index (Phi) is 2.98. The average molecular weight is 248 g/mol. The third kappa shape index (κ3) is 1.63. The van der Waals surface area contributed by atoms with Crippen LogP contribution in [0.1, 0.15) is 34.6 Å². The molecule has 1 fully saturated rings. The van der Waals surface area contributed by atoms with Crippen LogP contribution in [0.3, 0.4) is 0 Å². The van der Waals surface area contributed by atoms with Crippen molar-refractivity contribution in [2.75, 3.05) is 0 Å². The fourth-order valence-electron chi connectivity index (χ4n) is 2.14. The van der Waals surface area contributed by atoms with Gasteiger partial charge in [-0.2, -0.15) is 0 Å². The zero-order valence-corrected chi connectivity index (χ0v) is 10.7. The van der Waals surface area contributed by atoms with Gasteiger partial charge in [-0.15, -0.1) is 0 Å². The first-order chi connectivity index (χ1) is 7.29. The fraction of sp³-hybridized carbons (Fsp3) is 0.909. The lowest BCUT2D eigenvalue weighted by molar-refractivity contribution is -0.414. The summed E-state index contributed by atoms with van der Waals surface area (Å²) in [7, 11) is 0. The van der Waals surface area contributed by atoms with E-state index in [2.05, 4.69) is 0 Å². The van der Waals surface area contributed by atoms with Gasteiger partial charge in [0.05, 0.1) is 0 Å². The first-order valence-corrected chi connectivity index (χ1v) is 5.37. The van der Waals surface area contributed by atoms with Gasteiger partial charge in [0.25, 0.3) is 0 Å². The van der Waals surface area contributed by atoms with Crippen molar-refractivity contribution < 1.29 is 30.0 Å². The van der Waals surface area contributed by atoms with Gasteiger partial charge >= 0.3 is 0 Å². The molecule has 5 atom stereocenters. The third-order valence-corrected chi connectivity index (χ3v) is 4.06. The van der Waals surface area contributed by atoms with Crippen LogP contribution in [0.2, 0.25) is 0 Å². The third-order valence-electron chi connectivity index (χ3n) is 4.06. The molecule has 0 bridgehead atoms. The van der Waals surface area contributed by atoms with Crippen LogP contribution in [0.15, 0.2) is 0 Å². The molecule has 5 unspecified atom stereocenters. The van der Waals surface area contributed by atoms with Crippen molar-refractivity contribution in [3.63, 3.8) is 0 Å². The maximum Gasteiger partial charge on any atom is 0.195 e. The molecule has 17 heavy (non-hydrogen) atoms. The van der Waals surface area contributed by atoms with Crippen molar-refractivity contribution in [1.29, 1.82) is 0 Å². The molecule has 0 aliphatic carbocycles. The summed E-state index contributed by atoms with van der Waals surface area (Å²) in [4.78, 5) is 11.4. The second kappa shape index (κ2) is 3.49. The maximum absolute atomic E-state index is 11.4. The zero-order chi connectivity index (χ0) is 13.9. The minimum Gasteiger partial charge on any atom is -0.384 e. The van der Waals surface area contributed by atoms with Crippen LogP contribution in [-0.2, 0) is 9.53 Å². The first-order valence-electron chi connectivity index (χ1n) is 5.37. The molecule has 0 saturated carbocycles. The molecular weight excluding hydrogens is 228 g/mol. The van der Waals surface area contributed by atoms with Crippen LogP contribution in [0.4, 0.5) is 0 Å². The molecule has 0 aromatic heterocycles. The lowest BCUT2D eigenvalue weighted by Gasteiger charge is -2.59. The number of aliphatic hydroxyl groups is 4. The topological polar surface area (TPSA) is 107 Å². The highest BCUT2D eigenvalue weighted by atomic mass is 16.7. The summed E-state index contributed by atoms with van der Waals surface area (Å²) in [5.41, 5.74) is -6.29. The highest BCUT2D eigenvalue weighted by Crippen LogP contribution is 2.48. The molecule has 4 N–H and O–H groups in total. The second-order valence-electron chi connectivity index (χ2n) is 5.38. The summed E-state index contributed by atoms with van der Waals surface area (Å²) in [5.74, 6) is -2.71. The molecule has 6 heteroatoms. The fourth-order valence-corrected chi connectivity index (χ4v) is 2.14. The van der Waals surface area contributed by atoms with Crippen molar-refractivity contribution in [3.05, 3.63) is 0 Å². The van der Waals surface area contributed by atoms with Crippen LogP contribution in [-0.4, -0.2) is 54.9 Å². The van der Waals surface area contributed by atoms with Gasteiger partial charge in [0, 0.05) is 0 Å². The maximum atomic E-state index is 11.4. The lowest BCUT2D eigenvalue weighted by Crippen LogP contribution is -2.81. The molecule has 1 rings (SSSR count). The van der Waals surface area contributed by atoms with Crippen LogP contribution in [0.5, 0.6) is 0 Å². The molecule has 0 aromatic carbocycles. The second-order valence-corrected chi connectivity index (χ2v) is 5.38. The average Bonchev–Trinajstić information content (AvgIpc) is 2.11. The van der Waals surface area contributed by atoms with Crippen LogP contribution >= 0.6 is 0 Å². The van der Waals surface area contributed by atoms with Crippen LogP contribution in [0, 0.1) is 0 Å². The van der Waals surface area contributed by atoms with E-state index in [9.17, 15) is 25.2 Å². The van der Waals surface area contributed by atoms with E-state index >= 15 is 0 Å². The highest BCUT2D eigenvalue weighted by molar-refractivity contribution is 5.82. The lowest BCUT2D eigenvalue weighted by atomic mass is 9.64. The molecule has 0 spiro atoms. The molecule has 6 nitrogen and oxygen atoms in total. The molecule has 0 radical (unpaired) electrons. The molecule has 1 heterocycles. The Bertz CT molecular complexity index is 342. The van der Waals surface area contributed by atoms with E-state index in [0.29, 0.717) is 0 Å². The van der Waals surface area contributed by atoms with Gasteiger partial charge < -0.3 is 25.2 Å². The monoisotopic (exact) mass is 248 g/mol. The summed E-state index contributed by atoms with van der Waals surface area (Å²) in [5, 5.41) is 40.7. The number of Topliss-reactive ketones (excluding diaryl/α,β-unsaturated/α-hetero) is 1. The number of carbonyl (C=O) groups excluding carboxylic acids is 1. The number of hydrogen-bond acceptors (Lipinski definition) is 6. The summed E-state index contributed by atoms with van der Waals surface area (Å²) in [6.07, 6.45) is -1.42. The standard InChI is InChI=1S/C11H20O6/c1-6(12)7-8(2,13)9(3,14)10(4,15)11(5,16)17-7/h7,13-16H,1-5H3. The Balaban J connectivity index is 3.39. The quantitative estimate of drug-likeness (QED) is 0.471. The van der Waals surface area contributed by atoms with Gasteiger partial charge in [-0.3, -0.25) is 4.79 Å². The van der Waals surface area contributed by atoms with Crippen LogP contribution in [0.25, 0.3) is 0 Å². The van der Waals surface area contributed by atoms with Gasteiger partial charge in [-0.1, -0.05) is 0 Å². The predicted molar refractivity (Wildman–Crippen MR) is 58.0 cm³/mol. The zero-order valence-electron chi connectivity index (χ0n) is 10.7.